The van der Waals surface area contributed by atoms with Gasteiger partial charge in [0, 0.05) is 5.02 Å². The quantitative estimate of drug-likeness (QED) is 0.905. The smallest absolute Gasteiger partial charge is 0.252 e. The number of nitrogens with zero attached hydrogens (tertiary/aromatic N) is 1. The van der Waals surface area contributed by atoms with E-state index in [0.29, 0.717) is 15.7 Å². The molecule has 0 radical (unpaired) electrons. The molecule has 1 aromatic carbocycles. The largest absolute Gasteiger partial charge is 0.340 e. The number of amides is 2. The molecule has 1 saturated heterocycles. The minimum atomic E-state index is -0.978. The Balaban J connectivity index is 2.61. The standard InChI is InChI=1S/C15H18Cl2N2O2/c1-8(2)12-13(20)18-15(3,4)14(21)19(12)11-7-9(16)5-6-10(11)17/h5-8,12H,1-4H3,(H,18,20). The predicted octanol–water partition coefficient (Wildman–Crippen LogP) is 3.26. The minimum absolute atomic E-state index is 0.0555. The van der Waals surface area contributed by atoms with Crippen LogP contribution in [0.5, 0.6) is 0 Å². The minimum Gasteiger partial charge on any atom is -0.340 e. The third-order valence-corrected chi connectivity index (χ3v) is 4.09. The fourth-order valence-electron chi connectivity index (χ4n) is 2.51. The van der Waals surface area contributed by atoms with E-state index in [2.05, 4.69) is 5.32 Å². The summed E-state index contributed by atoms with van der Waals surface area (Å²) in [6, 6.07) is 4.29. The molecule has 4 nitrogen and oxygen atoms in total. The van der Waals surface area contributed by atoms with Crippen molar-refractivity contribution in [1.82, 2.24) is 5.32 Å². The van der Waals surface area contributed by atoms with E-state index >= 15 is 0 Å². The average molecular weight is 329 g/mol. The van der Waals surface area contributed by atoms with Gasteiger partial charge in [0.25, 0.3) is 5.91 Å². The van der Waals surface area contributed by atoms with Crippen molar-refractivity contribution in [3.63, 3.8) is 0 Å². The molecule has 0 spiro atoms. The van der Waals surface area contributed by atoms with Crippen molar-refractivity contribution in [3.8, 4) is 0 Å². The van der Waals surface area contributed by atoms with E-state index in [1.54, 1.807) is 32.0 Å². The van der Waals surface area contributed by atoms with Crippen LogP contribution in [-0.4, -0.2) is 23.4 Å². The number of benzene rings is 1. The van der Waals surface area contributed by atoms with E-state index in [4.69, 9.17) is 23.2 Å². The SMILES string of the molecule is CC(C)C1C(=O)NC(C)(C)C(=O)N1c1cc(Cl)ccc1Cl. The molecule has 6 heteroatoms. The highest BCUT2D eigenvalue weighted by atomic mass is 35.5. The van der Waals surface area contributed by atoms with Crippen LogP contribution < -0.4 is 10.2 Å². The molecule has 0 bridgehead atoms. The Morgan fingerprint density at radius 1 is 1.24 bits per heavy atom. The number of halogens is 2. The maximum absolute atomic E-state index is 12.8. The zero-order valence-corrected chi connectivity index (χ0v) is 13.9. The summed E-state index contributed by atoms with van der Waals surface area (Å²) < 4.78 is 0. The maximum atomic E-state index is 12.8. The van der Waals surface area contributed by atoms with Crippen LogP contribution >= 0.6 is 23.2 Å². The molecule has 0 saturated carbocycles. The Morgan fingerprint density at radius 2 is 1.86 bits per heavy atom. The summed E-state index contributed by atoms with van der Waals surface area (Å²) in [6.07, 6.45) is 0. The van der Waals surface area contributed by atoms with Gasteiger partial charge in [-0.3, -0.25) is 14.5 Å². The summed E-state index contributed by atoms with van der Waals surface area (Å²) in [5.41, 5.74) is -0.510. The van der Waals surface area contributed by atoms with Gasteiger partial charge in [0.2, 0.25) is 5.91 Å². The van der Waals surface area contributed by atoms with Crippen LogP contribution in [0, 0.1) is 5.92 Å². The van der Waals surface area contributed by atoms with Gasteiger partial charge >= 0.3 is 0 Å². The molecule has 0 aromatic heterocycles. The maximum Gasteiger partial charge on any atom is 0.252 e. The lowest BCUT2D eigenvalue weighted by Crippen LogP contribution is -2.69. The number of hydrogen-bond acceptors (Lipinski definition) is 2. The third-order valence-electron chi connectivity index (χ3n) is 3.54. The van der Waals surface area contributed by atoms with E-state index in [1.807, 2.05) is 13.8 Å². The molecule has 1 aromatic rings. The zero-order valence-electron chi connectivity index (χ0n) is 12.4. The number of carbonyl (C=O) groups is 2. The zero-order chi connectivity index (χ0) is 15.9. The van der Waals surface area contributed by atoms with Gasteiger partial charge in [-0.1, -0.05) is 37.0 Å². The first-order valence-electron chi connectivity index (χ1n) is 6.76. The normalized spacial score (nSPS) is 21.7. The summed E-state index contributed by atoms with van der Waals surface area (Å²) in [7, 11) is 0. The number of nitrogens with one attached hydrogen (secondary N) is 1. The lowest BCUT2D eigenvalue weighted by atomic mass is 9.91. The van der Waals surface area contributed by atoms with Gasteiger partial charge in [-0.2, -0.15) is 0 Å². The van der Waals surface area contributed by atoms with E-state index in [9.17, 15) is 9.59 Å². The highest BCUT2D eigenvalue weighted by Gasteiger charge is 2.47. The molecule has 1 heterocycles. The number of piperazine rings is 1. The van der Waals surface area contributed by atoms with E-state index in [0.717, 1.165) is 0 Å². The summed E-state index contributed by atoms with van der Waals surface area (Å²) in [5.74, 6) is -0.448. The summed E-state index contributed by atoms with van der Waals surface area (Å²) in [5, 5.41) is 3.62. The van der Waals surface area contributed by atoms with Crippen molar-refractivity contribution in [1.29, 1.82) is 0 Å². The van der Waals surface area contributed by atoms with Crippen molar-refractivity contribution in [2.24, 2.45) is 5.92 Å². The molecule has 1 aliphatic heterocycles. The first-order chi connectivity index (χ1) is 9.65. The monoisotopic (exact) mass is 328 g/mol. The molecule has 1 unspecified atom stereocenters. The molecule has 1 atom stereocenters. The van der Waals surface area contributed by atoms with Gasteiger partial charge in [-0.25, -0.2) is 0 Å². The number of rotatable bonds is 2. The van der Waals surface area contributed by atoms with Gasteiger partial charge in [0.1, 0.15) is 11.6 Å². The second-order valence-corrected chi connectivity index (χ2v) is 6.92. The van der Waals surface area contributed by atoms with Crippen LogP contribution in [0.2, 0.25) is 10.0 Å². The van der Waals surface area contributed by atoms with Crippen molar-refractivity contribution in [2.45, 2.75) is 39.3 Å². The average Bonchev–Trinajstić information content (AvgIpc) is 2.35. The van der Waals surface area contributed by atoms with Gasteiger partial charge in [0.15, 0.2) is 0 Å². The fourth-order valence-corrected chi connectivity index (χ4v) is 2.89. The van der Waals surface area contributed by atoms with Crippen LogP contribution in [0.15, 0.2) is 18.2 Å². The van der Waals surface area contributed by atoms with Crippen molar-refractivity contribution < 1.29 is 9.59 Å². The van der Waals surface area contributed by atoms with E-state index in [-0.39, 0.29) is 17.7 Å². The fraction of sp³-hybridized carbons (Fsp3) is 0.467. The van der Waals surface area contributed by atoms with Crippen molar-refractivity contribution in [2.75, 3.05) is 4.90 Å². The number of carbonyl (C=O) groups excluding carboxylic acids is 2. The van der Waals surface area contributed by atoms with Gasteiger partial charge in [0.05, 0.1) is 10.7 Å². The lowest BCUT2D eigenvalue weighted by molar-refractivity contribution is -0.138. The van der Waals surface area contributed by atoms with Crippen LogP contribution in [0.25, 0.3) is 0 Å². The Hall–Kier alpha value is -1.26. The van der Waals surface area contributed by atoms with Crippen LogP contribution in [-0.2, 0) is 9.59 Å². The van der Waals surface area contributed by atoms with Gasteiger partial charge in [-0.15, -0.1) is 0 Å². The second kappa shape index (κ2) is 5.50. The topological polar surface area (TPSA) is 49.4 Å². The molecule has 2 rings (SSSR count). The van der Waals surface area contributed by atoms with E-state index < -0.39 is 11.6 Å². The molecule has 1 fully saturated rings. The summed E-state index contributed by atoms with van der Waals surface area (Å²) in [6.45, 7) is 7.13. The second-order valence-electron chi connectivity index (χ2n) is 6.07. The van der Waals surface area contributed by atoms with E-state index in [1.165, 1.54) is 4.90 Å². The van der Waals surface area contributed by atoms with Crippen LogP contribution in [0.1, 0.15) is 27.7 Å². The van der Waals surface area contributed by atoms with Crippen molar-refractivity contribution >= 4 is 40.7 Å². The molecule has 2 amide bonds. The van der Waals surface area contributed by atoms with Gasteiger partial charge < -0.3 is 5.32 Å². The predicted molar refractivity (Wildman–Crippen MR) is 84.8 cm³/mol. The lowest BCUT2D eigenvalue weighted by Gasteiger charge is -2.44. The number of anilines is 1. The first kappa shape index (κ1) is 16.1. The molecule has 1 aliphatic rings. The summed E-state index contributed by atoms with van der Waals surface area (Å²) in [4.78, 5) is 26.6. The number of hydrogen-bond donors (Lipinski definition) is 1. The van der Waals surface area contributed by atoms with Gasteiger partial charge in [-0.05, 0) is 38.0 Å². The Kier molecular flexibility index (Phi) is 4.22. The van der Waals surface area contributed by atoms with Crippen LogP contribution in [0.3, 0.4) is 0 Å². The van der Waals surface area contributed by atoms with Crippen molar-refractivity contribution in [3.05, 3.63) is 28.2 Å². The Bertz CT molecular complexity index is 599. The molecular weight excluding hydrogens is 311 g/mol. The van der Waals surface area contributed by atoms with Crippen LogP contribution in [0.4, 0.5) is 5.69 Å². The molecule has 114 valence electrons. The first-order valence-corrected chi connectivity index (χ1v) is 7.51. The summed E-state index contributed by atoms with van der Waals surface area (Å²) >= 11 is 12.2. The highest BCUT2D eigenvalue weighted by molar-refractivity contribution is 6.36. The molecular formula is C15H18Cl2N2O2. The Labute approximate surface area is 134 Å². The molecule has 0 aliphatic carbocycles. The highest BCUT2D eigenvalue weighted by Crippen LogP contribution is 2.35. The Morgan fingerprint density at radius 3 is 2.43 bits per heavy atom. The molecule has 1 N–H and O–H groups in total. The third kappa shape index (κ3) is 2.87. The molecule has 21 heavy (non-hydrogen) atoms.